The van der Waals surface area contributed by atoms with E-state index in [1.54, 1.807) is 54.6 Å². The lowest BCUT2D eigenvalue weighted by Gasteiger charge is -2.19. The first-order valence-electron chi connectivity index (χ1n) is 11.5. The highest BCUT2D eigenvalue weighted by Gasteiger charge is 2.25. The standard InChI is InChI=1S/C27H29N3O7/c1-27(2,3)19-12-10-18(11-13-19)25(34)37-16-20(31)22-23(28)29(14-17-8-6-5-7-9-17)26(35)30(24(22)33)15-21(32)36-4/h5-13H,14-16,28H2,1-4H3. The number of carbonyl (C=O) groups is 3. The third-order valence-corrected chi connectivity index (χ3v) is 5.77. The zero-order valence-electron chi connectivity index (χ0n) is 21.1. The van der Waals surface area contributed by atoms with Crippen molar-refractivity contribution in [2.75, 3.05) is 19.5 Å². The van der Waals surface area contributed by atoms with Crippen LogP contribution in [0.4, 0.5) is 5.82 Å². The number of nitrogen functional groups attached to an aromatic ring is 1. The highest BCUT2D eigenvalue weighted by atomic mass is 16.5. The van der Waals surface area contributed by atoms with Crippen LogP contribution in [0.2, 0.25) is 0 Å². The molecule has 10 heteroatoms. The highest BCUT2D eigenvalue weighted by Crippen LogP contribution is 2.22. The fraction of sp³-hybridized carbons (Fsp3) is 0.296. The summed E-state index contributed by atoms with van der Waals surface area (Å²) in [7, 11) is 1.10. The first-order chi connectivity index (χ1) is 17.4. The predicted molar refractivity (Wildman–Crippen MR) is 137 cm³/mol. The third kappa shape index (κ3) is 6.21. The van der Waals surface area contributed by atoms with Gasteiger partial charge in [-0.3, -0.25) is 19.0 Å². The van der Waals surface area contributed by atoms with Gasteiger partial charge in [0.2, 0.25) is 5.78 Å². The number of carbonyl (C=O) groups excluding carboxylic acids is 3. The van der Waals surface area contributed by atoms with Gasteiger partial charge in [0, 0.05) is 0 Å². The Labute approximate surface area is 213 Å². The number of anilines is 1. The summed E-state index contributed by atoms with van der Waals surface area (Å²) < 4.78 is 11.3. The Morgan fingerprint density at radius 2 is 1.54 bits per heavy atom. The van der Waals surface area contributed by atoms with Crippen molar-refractivity contribution in [2.45, 2.75) is 39.3 Å². The van der Waals surface area contributed by atoms with Crippen molar-refractivity contribution < 1.29 is 23.9 Å². The number of ketones is 1. The molecule has 2 N–H and O–H groups in total. The number of hydrogen-bond donors (Lipinski definition) is 1. The molecule has 2 aromatic carbocycles. The Bertz CT molecular complexity index is 1430. The largest absolute Gasteiger partial charge is 0.468 e. The van der Waals surface area contributed by atoms with Crippen LogP contribution >= 0.6 is 0 Å². The Hall–Kier alpha value is -4.47. The van der Waals surface area contributed by atoms with E-state index in [1.165, 1.54) is 0 Å². The van der Waals surface area contributed by atoms with Crippen LogP contribution in [0.25, 0.3) is 0 Å². The third-order valence-electron chi connectivity index (χ3n) is 5.77. The van der Waals surface area contributed by atoms with Crippen molar-refractivity contribution in [3.05, 3.63) is 97.7 Å². The molecular formula is C27H29N3O7. The molecule has 0 aliphatic heterocycles. The molecule has 0 aliphatic carbocycles. The molecule has 37 heavy (non-hydrogen) atoms. The van der Waals surface area contributed by atoms with Gasteiger partial charge in [0.1, 0.15) is 17.9 Å². The van der Waals surface area contributed by atoms with Gasteiger partial charge in [-0.2, -0.15) is 0 Å². The summed E-state index contributed by atoms with van der Waals surface area (Å²) in [5.41, 5.74) is 5.39. The van der Waals surface area contributed by atoms with Crippen LogP contribution in [0.1, 0.15) is 52.6 Å². The van der Waals surface area contributed by atoms with Crippen LogP contribution in [0.3, 0.4) is 0 Å². The van der Waals surface area contributed by atoms with Crippen molar-refractivity contribution in [1.29, 1.82) is 0 Å². The van der Waals surface area contributed by atoms with E-state index < -0.39 is 53.5 Å². The number of esters is 2. The van der Waals surface area contributed by atoms with E-state index in [9.17, 15) is 24.0 Å². The highest BCUT2D eigenvalue weighted by molar-refractivity contribution is 6.02. The molecule has 0 bridgehead atoms. The Morgan fingerprint density at radius 1 is 0.919 bits per heavy atom. The summed E-state index contributed by atoms with van der Waals surface area (Å²) in [6.45, 7) is 4.53. The van der Waals surface area contributed by atoms with Crippen molar-refractivity contribution in [1.82, 2.24) is 9.13 Å². The molecule has 1 aromatic heterocycles. The van der Waals surface area contributed by atoms with Crippen LogP contribution in [-0.2, 0) is 32.8 Å². The monoisotopic (exact) mass is 507 g/mol. The Kier molecular flexibility index (Phi) is 8.11. The minimum absolute atomic E-state index is 0.0623. The van der Waals surface area contributed by atoms with Gasteiger partial charge in [-0.25, -0.2) is 14.2 Å². The Morgan fingerprint density at radius 3 is 2.11 bits per heavy atom. The topological polar surface area (TPSA) is 140 Å². The van der Waals surface area contributed by atoms with Gasteiger partial charge in [0.25, 0.3) is 5.56 Å². The van der Waals surface area contributed by atoms with Gasteiger partial charge < -0.3 is 15.2 Å². The molecule has 3 rings (SSSR count). The van der Waals surface area contributed by atoms with Crippen LogP contribution in [0.5, 0.6) is 0 Å². The minimum atomic E-state index is -1.08. The molecule has 1 heterocycles. The number of benzene rings is 2. The molecule has 3 aromatic rings. The molecule has 194 valence electrons. The SMILES string of the molecule is COC(=O)Cn1c(=O)c(C(=O)COC(=O)c2ccc(C(C)(C)C)cc2)c(N)n(Cc2ccccc2)c1=O. The van der Waals surface area contributed by atoms with Gasteiger partial charge in [0.15, 0.2) is 6.61 Å². The van der Waals surface area contributed by atoms with Gasteiger partial charge in [-0.1, -0.05) is 63.2 Å². The van der Waals surface area contributed by atoms with E-state index in [0.717, 1.165) is 17.2 Å². The smallest absolute Gasteiger partial charge is 0.338 e. The number of Topliss-reactive ketones (excluding diaryl/α,β-unsaturated/α-hetero) is 1. The second-order valence-electron chi connectivity index (χ2n) is 9.41. The van der Waals surface area contributed by atoms with Crippen molar-refractivity contribution >= 4 is 23.5 Å². The lowest BCUT2D eigenvalue weighted by molar-refractivity contribution is -0.141. The number of aromatic nitrogens is 2. The number of hydrogen-bond acceptors (Lipinski definition) is 8. The normalized spacial score (nSPS) is 11.1. The molecule has 0 radical (unpaired) electrons. The molecule has 0 atom stereocenters. The van der Waals surface area contributed by atoms with Crippen molar-refractivity contribution in [3.63, 3.8) is 0 Å². The van der Waals surface area contributed by atoms with E-state index in [-0.39, 0.29) is 17.5 Å². The fourth-order valence-corrected chi connectivity index (χ4v) is 3.62. The average Bonchev–Trinajstić information content (AvgIpc) is 2.87. The first kappa shape index (κ1) is 27.1. The molecule has 10 nitrogen and oxygen atoms in total. The summed E-state index contributed by atoms with van der Waals surface area (Å²) in [6.07, 6.45) is 0. The van der Waals surface area contributed by atoms with Crippen LogP contribution in [-0.4, -0.2) is 40.6 Å². The molecule has 0 saturated heterocycles. The summed E-state index contributed by atoms with van der Waals surface area (Å²) in [5, 5.41) is 0. The number of methoxy groups -OCH3 is 1. The van der Waals surface area contributed by atoms with E-state index in [2.05, 4.69) is 4.74 Å². The summed E-state index contributed by atoms with van der Waals surface area (Å²) in [5.74, 6) is -2.93. The van der Waals surface area contributed by atoms with Gasteiger partial charge in [0.05, 0.1) is 19.2 Å². The summed E-state index contributed by atoms with van der Waals surface area (Å²) in [4.78, 5) is 63.5. The molecule has 0 saturated carbocycles. The van der Waals surface area contributed by atoms with Crippen molar-refractivity contribution in [3.8, 4) is 0 Å². The van der Waals surface area contributed by atoms with Crippen LogP contribution < -0.4 is 17.0 Å². The average molecular weight is 508 g/mol. The first-order valence-corrected chi connectivity index (χ1v) is 11.5. The molecule has 0 fully saturated rings. The van der Waals surface area contributed by atoms with E-state index >= 15 is 0 Å². The number of rotatable bonds is 8. The maximum absolute atomic E-state index is 13.1. The number of nitrogens with two attached hydrogens (primary N) is 1. The molecular weight excluding hydrogens is 478 g/mol. The van der Waals surface area contributed by atoms with Gasteiger partial charge in [-0.05, 0) is 28.7 Å². The van der Waals surface area contributed by atoms with E-state index in [4.69, 9.17) is 10.5 Å². The number of nitrogens with zero attached hydrogens (tertiary/aromatic N) is 2. The molecule has 0 amide bonds. The van der Waals surface area contributed by atoms with Gasteiger partial charge >= 0.3 is 17.6 Å². The molecule has 0 unspecified atom stereocenters. The summed E-state index contributed by atoms with van der Waals surface area (Å²) in [6, 6.07) is 15.5. The maximum Gasteiger partial charge on any atom is 0.338 e. The second-order valence-corrected chi connectivity index (χ2v) is 9.41. The molecule has 0 aliphatic rings. The maximum atomic E-state index is 13.1. The quantitative estimate of drug-likeness (QED) is 0.361. The zero-order chi connectivity index (χ0) is 27.3. The van der Waals surface area contributed by atoms with E-state index in [0.29, 0.717) is 10.1 Å². The van der Waals surface area contributed by atoms with Crippen LogP contribution in [0, 0.1) is 0 Å². The second kappa shape index (κ2) is 11.1. The minimum Gasteiger partial charge on any atom is -0.468 e. The van der Waals surface area contributed by atoms with E-state index in [1.807, 2.05) is 20.8 Å². The predicted octanol–water partition coefficient (Wildman–Crippen LogP) is 2.15. The fourth-order valence-electron chi connectivity index (χ4n) is 3.62. The van der Waals surface area contributed by atoms with Gasteiger partial charge in [-0.15, -0.1) is 0 Å². The lowest BCUT2D eigenvalue weighted by Crippen LogP contribution is -2.46. The zero-order valence-corrected chi connectivity index (χ0v) is 21.1. The molecule has 0 spiro atoms. The summed E-state index contributed by atoms with van der Waals surface area (Å²) >= 11 is 0. The number of ether oxygens (including phenoxy) is 2. The van der Waals surface area contributed by atoms with Crippen LogP contribution in [0.15, 0.2) is 64.2 Å². The lowest BCUT2D eigenvalue weighted by atomic mass is 9.87. The van der Waals surface area contributed by atoms with Crippen molar-refractivity contribution in [2.24, 2.45) is 0 Å². The Balaban J connectivity index is 1.93.